The highest BCUT2D eigenvalue weighted by Crippen LogP contribution is 2.13. The highest BCUT2D eigenvalue weighted by atomic mass is 16.4. The molecule has 0 aromatic rings. The minimum Gasteiger partial charge on any atom is -0.481 e. The fraction of sp³-hybridized carbons (Fsp3) is 0.889. The van der Waals surface area contributed by atoms with E-state index in [-0.39, 0.29) is 18.5 Å². The molecule has 3 N–H and O–H groups in total. The Morgan fingerprint density at radius 2 is 2.46 bits per heavy atom. The second kappa shape index (κ2) is 4.58. The average Bonchev–Trinajstić information content (AvgIpc) is 2.03. The molecule has 0 amide bonds. The Morgan fingerprint density at radius 3 is 3.00 bits per heavy atom. The number of rotatable bonds is 3. The summed E-state index contributed by atoms with van der Waals surface area (Å²) in [7, 11) is 0. The van der Waals surface area contributed by atoms with Crippen LogP contribution in [0.2, 0.25) is 0 Å². The summed E-state index contributed by atoms with van der Waals surface area (Å²) < 4.78 is 0. The van der Waals surface area contributed by atoms with E-state index in [4.69, 9.17) is 10.8 Å². The highest BCUT2D eigenvalue weighted by Gasteiger charge is 2.22. The van der Waals surface area contributed by atoms with Gasteiger partial charge in [0.2, 0.25) is 0 Å². The van der Waals surface area contributed by atoms with Crippen molar-refractivity contribution in [3.8, 4) is 0 Å². The van der Waals surface area contributed by atoms with Crippen molar-refractivity contribution in [2.24, 2.45) is 5.73 Å². The van der Waals surface area contributed by atoms with Crippen LogP contribution in [-0.4, -0.2) is 41.1 Å². The van der Waals surface area contributed by atoms with Gasteiger partial charge in [-0.15, -0.1) is 0 Å². The number of likely N-dealkylation sites (tertiary alicyclic amines) is 1. The molecular formula is C9H18N2O2. The minimum absolute atomic E-state index is 0.115. The third-order valence-corrected chi connectivity index (χ3v) is 2.58. The van der Waals surface area contributed by atoms with Crippen LogP contribution in [0.5, 0.6) is 0 Å². The Morgan fingerprint density at radius 1 is 1.77 bits per heavy atom. The zero-order valence-corrected chi connectivity index (χ0v) is 8.07. The molecule has 1 unspecified atom stereocenters. The normalized spacial score (nSPS) is 27.1. The summed E-state index contributed by atoms with van der Waals surface area (Å²) in [4.78, 5) is 12.6. The van der Waals surface area contributed by atoms with Gasteiger partial charge >= 0.3 is 5.97 Å². The Kier molecular flexibility index (Phi) is 3.69. The van der Waals surface area contributed by atoms with Crippen LogP contribution in [0.25, 0.3) is 0 Å². The molecule has 1 aliphatic rings. The molecule has 2 atom stereocenters. The lowest BCUT2D eigenvalue weighted by Crippen LogP contribution is -2.47. The topological polar surface area (TPSA) is 66.6 Å². The van der Waals surface area contributed by atoms with E-state index in [0.29, 0.717) is 0 Å². The van der Waals surface area contributed by atoms with E-state index < -0.39 is 5.97 Å². The molecule has 0 bridgehead atoms. The number of nitrogens with two attached hydrogens (primary N) is 1. The summed E-state index contributed by atoms with van der Waals surface area (Å²) in [6.07, 6.45) is 2.37. The van der Waals surface area contributed by atoms with Gasteiger partial charge in [0, 0.05) is 18.6 Å². The van der Waals surface area contributed by atoms with E-state index >= 15 is 0 Å². The Labute approximate surface area is 78.7 Å². The van der Waals surface area contributed by atoms with Gasteiger partial charge < -0.3 is 10.8 Å². The van der Waals surface area contributed by atoms with Crippen LogP contribution in [0.3, 0.4) is 0 Å². The molecule has 1 saturated heterocycles. The number of hydrogen-bond donors (Lipinski definition) is 2. The van der Waals surface area contributed by atoms with Crippen LogP contribution < -0.4 is 5.73 Å². The maximum absolute atomic E-state index is 10.5. The monoisotopic (exact) mass is 186 g/mol. The van der Waals surface area contributed by atoms with Gasteiger partial charge in [0.1, 0.15) is 0 Å². The summed E-state index contributed by atoms with van der Waals surface area (Å²) >= 11 is 0. The SMILES string of the molecule is CC(CC(=O)O)N1CCC[C@@H](N)C1. The van der Waals surface area contributed by atoms with Gasteiger partial charge in [0.25, 0.3) is 0 Å². The zero-order chi connectivity index (χ0) is 9.84. The minimum atomic E-state index is -0.730. The first kappa shape index (κ1) is 10.5. The van der Waals surface area contributed by atoms with Gasteiger partial charge in [-0.3, -0.25) is 9.69 Å². The predicted molar refractivity (Wildman–Crippen MR) is 50.5 cm³/mol. The number of aliphatic carboxylic acids is 1. The maximum atomic E-state index is 10.5. The molecule has 1 fully saturated rings. The molecule has 0 aromatic heterocycles. The number of nitrogens with zero attached hydrogens (tertiary/aromatic N) is 1. The summed E-state index contributed by atoms with van der Waals surface area (Å²) in [5, 5.41) is 8.62. The van der Waals surface area contributed by atoms with Crippen LogP contribution in [0.15, 0.2) is 0 Å². The van der Waals surface area contributed by atoms with Gasteiger partial charge in [-0.1, -0.05) is 0 Å². The van der Waals surface area contributed by atoms with Crippen LogP contribution in [-0.2, 0) is 4.79 Å². The number of carbonyl (C=O) groups is 1. The van der Waals surface area contributed by atoms with E-state index in [1.165, 1.54) is 0 Å². The zero-order valence-electron chi connectivity index (χ0n) is 8.07. The molecule has 0 aliphatic carbocycles. The van der Waals surface area contributed by atoms with E-state index in [2.05, 4.69) is 4.90 Å². The van der Waals surface area contributed by atoms with Crippen molar-refractivity contribution in [3.63, 3.8) is 0 Å². The van der Waals surface area contributed by atoms with Crippen molar-refractivity contribution < 1.29 is 9.90 Å². The van der Waals surface area contributed by atoms with Crippen molar-refractivity contribution in [2.75, 3.05) is 13.1 Å². The van der Waals surface area contributed by atoms with Crippen molar-refractivity contribution in [3.05, 3.63) is 0 Å². The number of carboxylic acid groups (broad SMARTS) is 1. The average molecular weight is 186 g/mol. The number of piperidine rings is 1. The largest absolute Gasteiger partial charge is 0.481 e. The van der Waals surface area contributed by atoms with Crippen LogP contribution >= 0.6 is 0 Å². The van der Waals surface area contributed by atoms with Crippen LogP contribution in [0.4, 0.5) is 0 Å². The van der Waals surface area contributed by atoms with Crippen LogP contribution in [0.1, 0.15) is 26.2 Å². The highest BCUT2D eigenvalue weighted by molar-refractivity contribution is 5.67. The Hall–Kier alpha value is -0.610. The quantitative estimate of drug-likeness (QED) is 0.664. The van der Waals surface area contributed by atoms with Crippen molar-refractivity contribution in [2.45, 2.75) is 38.3 Å². The Bertz CT molecular complexity index is 184. The van der Waals surface area contributed by atoms with E-state index in [1.54, 1.807) is 0 Å². The van der Waals surface area contributed by atoms with E-state index in [1.807, 2.05) is 6.92 Å². The first-order chi connectivity index (χ1) is 6.09. The fourth-order valence-electron chi connectivity index (χ4n) is 1.82. The van der Waals surface area contributed by atoms with Crippen molar-refractivity contribution in [1.29, 1.82) is 0 Å². The van der Waals surface area contributed by atoms with Gasteiger partial charge in [-0.05, 0) is 26.3 Å². The fourth-order valence-corrected chi connectivity index (χ4v) is 1.82. The molecular weight excluding hydrogens is 168 g/mol. The molecule has 1 rings (SSSR count). The lowest BCUT2D eigenvalue weighted by molar-refractivity contribution is -0.138. The third kappa shape index (κ3) is 3.32. The Balaban J connectivity index is 2.36. The molecule has 0 spiro atoms. The predicted octanol–water partition coefficient (Wildman–Crippen LogP) is 0.273. The number of carboxylic acids is 1. The molecule has 1 heterocycles. The summed E-state index contributed by atoms with van der Waals surface area (Å²) in [6.45, 7) is 3.78. The maximum Gasteiger partial charge on any atom is 0.304 e. The second-order valence-corrected chi connectivity index (χ2v) is 3.84. The van der Waals surface area contributed by atoms with Gasteiger partial charge in [0.05, 0.1) is 6.42 Å². The summed E-state index contributed by atoms with van der Waals surface area (Å²) in [6, 6.07) is 0.342. The van der Waals surface area contributed by atoms with E-state index in [9.17, 15) is 4.79 Å². The van der Waals surface area contributed by atoms with Crippen molar-refractivity contribution >= 4 is 5.97 Å². The molecule has 0 radical (unpaired) electrons. The lowest BCUT2D eigenvalue weighted by Gasteiger charge is -2.34. The first-order valence-corrected chi connectivity index (χ1v) is 4.81. The molecule has 4 heteroatoms. The first-order valence-electron chi connectivity index (χ1n) is 4.81. The summed E-state index contributed by atoms with van der Waals surface area (Å²) in [5.74, 6) is -0.730. The smallest absolute Gasteiger partial charge is 0.304 e. The van der Waals surface area contributed by atoms with Gasteiger partial charge in [-0.2, -0.15) is 0 Å². The summed E-state index contributed by atoms with van der Waals surface area (Å²) in [5.41, 5.74) is 5.80. The second-order valence-electron chi connectivity index (χ2n) is 3.84. The lowest BCUT2D eigenvalue weighted by atomic mass is 10.0. The standard InChI is InChI=1S/C9H18N2O2/c1-7(5-9(12)13)11-4-2-3-8(10)6-11/h7-8H,2-6,10H2,1H3,(H,12,13)/t7?,8-/m1/s1. The third-order valence-electron chi connectivity index (χ3n) is 2.58. The molecule has 13 heavy (non-hydrogen) atoms. The molecule has 76 valence electrons. The number of hydrogen-bond acceptors (Lipinski definition) is 3. The molecule has 1 aliphatic heterocycles. The van der Waals surface area contributed by atoms with Gasteiger partial charge in [0.15, 0.2) is 0 Å². The van der Waals surface area contributed by atoms with Crippen LogP contribution in [0, 0.1) is 0 Å². The van der Waals surface area contributed by atoms with Gasteiger partial charge in [-0.25, -0.2) is 0 Å². The molecule has 0 saturated carbocycles. The molecule has 0 aromatic carbocycles. The van der Waals surface area contributed by atoms with Crippen molar-refractivity contribution in [1.82, 2.24) is 4.90 Å². The molecule has 4 nitrogen and oxygen atoms in total. The van der Waals surface area contributed by atoms with E-state index in [0.717, 1.165) is 25.9 Å².